The van der Waals surface area contributed by atoms with Crippen LogP contribution >= 0.6 is 0 Å². The predicted octanol–water partition coefficient (Wildman–Crippen LogP) is 2.09. The van der Waals surface area contributed by atoms with E-state index in [4.69, 9.17) is 10.5 Å². The molecule has 0 saturated heterocycles. The highest BCUT2D eigenvalue weighted by Gasteiger charge is 2.23. The summed E-state index contributed by atoms with van der Waals surface area (Å²) >= 11 is 0. The highest BCUT2D eigenvalue weighted by atomic mass is 19.1. The molecule has 0 fully saturated rings. The zero-order valence-corrected chi connectivity index (χ0v) is 13.0. The second-order valence-electron chi connectivity index (χ2n) is 5.23. The van der Waals surface area contributed by atoms with Crippen molar-refractivity contribution in [1.82, 2.24) is 4.90 Å². The van der Waals surface area contributed by atoms with Crippen LogP contribution in [0.25, 0.3) is 0 Å². The summed E-state index contributed by atoms with van der Waals surface area (Å²) in [4.78, 5) is 14.3. The van der Waals surface area contributed by atoms with Gasteiger partial charge in [-0.3, -0.25) is 9.69 Å². The quantitative estimate of drug-likeness (QED) is 0.756. The number of hydrogen-bond donors (Lipinski definition) is 2. The van der Waals surface area contributed by atoms with Crippen molar-refractivity contribution in [2.75, 3.05) is 31.3 Å². The minimum absolute atomic E-state index is 0.0144. The van der Waals surface area contributed by atoms with E-state index in [1.807, 2.05) is 25.7 Å². The van der Waals surface area contributed by atoms with Gasteiger partial charge in [-0.1, -0.05) is 0 Å². The molecule has 0 spiro atoms. The maximum atomic E-state index is 13.1. The normalized spacial score (nSPS) is 12.7. The van der Waals surface area contributed by atoms with Crippen LogP contribution < -0.4 is 11.1 Å². The van der Waals surface area contributed by atoms with Crippen molar-refractivity contribution < 1.29 is 13.9 Å². The number of nitrogens with one attached hydrogen (secondary N) is 1. The fraction of sp³-hybridized carbons (Fsp3) is 0.533. The Hall–Kier alpha value is -1.66. The van der Waals surface area contributed by atoms with Gasteiger partial charge in [0.2, 0.25) is 5.91 Å². The molecule has 1 unspecified atom stereocenters. The molecule has 118 valence electrons. The largest absolute Gasteiger partial charge is 0.396 e. The van der Waals surface area contributed by atoms with Crippen molar-refractivity contribution in [3.63, 3.8) is 0 Å². The third-order valence-electron chi connectivity index (χ3n) is 3.36. The number of nitrogens with two attached hydrogens (primary N) is 1. The number of nitrogen functional groups attached to an aromatic ring is 1. The van der Waals surface area contributed by atoms with Gasteiger partial charge in [0.25, 0.3) is 0 Å². The molecule has 1 amide bonds. The summed E-state index contributed by atoms with van der Waals surface area (Å²) in [5.41, 5.74) is 5.99. The van der Waals surface area contributed by atoms with E-state index < -0.39 is 5.82 Å². The zero-order valence-electron chi connectivity index (χ0n) is 13.0. The number of amides is 1. The Morgan fingerprint density at radius 3 is 2.62 bits per heavy atom. The predicted molar refractivity (Wildman–Crippen MR) is 82.6 cm³/mol. The summed E-state index contributed by atoms with van der Waals surface area (Å²) in [5, 5.41) is 2.75. The SMILES string of the molecule is COCCN(C(C)C)C(C)C(=O)Nc1ccc(F)c(N)c1. The van der Waals surface area contributed by atoms with Gasteiger partial charge in [-0.15, -0.1) is 0 Å². The molecule has 0 aliphatic carbocycles. The molecule has 0 saturated carbocycles. The Morgan fingerprint density at radius 2 is 2.10 bits per heavy atom. The Kier molecular flexibility index (Phi) is 6.58. The number of methoxy groups -OCH3 is 1. The summed E-state index contributed by atoms with van der Waals surface area (Å²) in [5.74, 6) is -0.657. The Labute approximate surface area is 125 Å². The first-order chi connectivity index (χ1) is 9.86. The van der Waals surface area contributed by atoms with Gasteiger partial charge in [-0.25, -0.2) is 4.39 Å². The van der Waals surface area contributed by atoms with Gasteiger partial charge in [-0.05, 0) is 39.0 Å². The van der Waals surface area contributed by atoms with Crippen LogP contribution in [0.4, 0.5) is 15.8 Å². The van der Waals surface area contributed by atoms with Crippen molar-refractivity contribution in [3.8, 4) is 0 Å². The first-order valence-corrected chi connectivity index (χ1v) is 6.97. The fourth-order valence-electron chi connectivity index (χ4n) is 2.11. The molecular weight excluding hydrogens is 273 g/mol. The number of nitrogens with zero attached hydrogens (tertiary/aromatic N) is 1. The molecule has 0 heterocycles. The van der Waals surface area contributed by atoms with Crippen LogP contribution in [0, 0.1) is 5.82 Å². The lowest BCUT2D eigenvalue weighted by atomic mass is 10.2. The van der Waals surface area contributed by atoms with Gasteiger partial charge in [0.1, 0.15) is 5.82 Å². The smallest absolute Gasteiger partial charge is 0.241 e. The third kappa shape index (κ3) is 4.99. The van der Waals surface area contributed by atoms with E-state index in [9.17, 15) is 9.18 Å². The van der Waals surface area contributed by atoms with Crippen LogP contribution in [0.5, 0.6) is 0 Å². The average Bonchev–Trinajstić information content (AvgIpc) is 2.42. The maximum absolute atomic E-state index is 13.1. The summed E-state index contributed by atoms with van der Waals surface area (Å²) in [6.07, 6.45) is 0. The number of carbonyl (C=O) groups excluding carboxylic acids is 1. The van der Waals surface area contributed by atoms with Gasteiger partial charge in [-0.2, -0.15) is 0 Å². The minimum atomic E-state index is -0.495. The molecular formula is C15H24FN3O2. The van der Waals surface area contributed by atoms with Crippen molar-refractivity contribution in [2.45, 2.75) is 32.9 Å². The van der Waals surface area contributed by atoms with Crippen molar-refractivity contribution in [3.05, 3.63) is 24.0 Å². The van der Waals surface area contributed by atoms with E-state index >= 15 is 0 Å². The Bertz CT molecular complexity index is 480. The van der Waals surface area contributed by atoms with Crippen molar-refractivity contribution in [2.24, 2.45) is 0 Å². The van der Waals surface area contributed by atoms with Crippen LogP contribution in [-0.2, 0) is 9.53 Å². The van der Waals surface area contributed by atoms with Crippen molar-refractivity contribution in [1.29, 1.82) is 0 Å². The molecule has 0 bridgehead atoms. The van der Waals surface area contributed by atoms with Crippen LogP contribution in [0.1, 0.15) is 20.8 Å². The van der Waals surface area contributed by atoms with E-state index in [1.165, 1.54) is 18.2 Å². The highest BCUT2D eigenvalue weighted by Crippen LogP contribution is 2.17. The van der Waals surface area contributed by atoms with Gasteiger partial charge >= 0.3 is 0 Å². The molecule has 0 aliphatic heterocycles. The number of halogens is 1. The molecule has 0 aromatic heterocycles. The molecule has 0 radical (unpaired) electrons. The lowest BCUT2D eigenvalue weighted by Crippen LogP contribution is -2.47. The summed E-state index contributed by atoms with van der Waals surface area (Å²) in [7, 11) is 1.63. The maximum Gasteiger partial charge on any atom is 0.241 e. The number of hydrogen-bond acceptors (Lipinski definition) is 4. The summed E-state index contributed by atoms with van der Waals surface area (Å²) < 4.78 is 18.2. The van der Waals surface area contributed by atoms with E-state index in [-0.39, 0.29) is 23.7 Å². The summed E-state index contributed by atoms with van der Waals surface area (Å²) in [6, 6.07) is 4.02. The van der Waals surface area contributed by atoms with E-state index in [0.29, 0.717) is 18.8 Å². The molecule has 1 aromatic carbocycles. The second-order valence-corrected chi connectivity index (χ2v) is 5.23. The average molecular weight is 297 g/mol. The first-order valence-electron chi connectivity index (χ1n) is 6.97. The Morgan fingerprint density at radius 1 is 1.43 bits per heavy atom. The molecule has 21 heavy (non-hydrogen) atoms. The van der Waals surface area contributed by atoms with Gasteiger partial charge in [0, 0.05) is 25.4 Å². The Balaban J connectivity index is 2.73. The standard InChI is InChI=1S/C15H24FN3O2/c1-10(2)19(7-8-21-4)11(3)15(20)18-12-5-6-13(16)14(17)9-12/h5-6,9-11H,7-8,17H2,1-4H3,(H,18,20). The minimum Gasteiger partial charge on any atom is -0.396 e. The highest BCUT2D eigenvalue weighted by molar-refractivity contribution is 5.94. The van der Waals surface area contributed by atoms with Crippen molar-refractivity contribution >= 4 is 17.3 Å². The molecule has 1 rings (SSSR count). The zero-order chi connectivity index (χ0) is 16.0. The molecule has 3 N–H and O–H groups in total. The van der Waals surface area contributed by atoms with Crippen LogP contribution in [-0.4, -0.2) is 43.2 Å². The number of anilines is 2. The van der Waals surface area contributed by atoms with Crippen LogP contribution in [0.3, 0.4) is 0 Å². The first kappa shape index (κ1) is 17.4. The van der Waals surface area contributed by atoms with Gasteiger partial charge in [0.05, 0.1) is 18.3 Å². The number of benzene rings is 1. The van der Waals surface area contributed by atoms with E-state index in [2.05, 4.69) is 5.32 Å². The number of rotatable bonds is 7. The van der Waals surface area contributed by atoms with E-state index in [0.717, 1.165) is 0 Å². The fourth-order valence-corrected chi connectivity index (χ4v) is 2.11. The number of carbonyl (C=O) groups is 1. The molecule has 0 aliphatic rings. The summed E-state index contributed by atoms with van der Waals surface area (Å²) in [6.45, 7) is 7.09. The van der Waals surface area contributed by atoms with Gasteiger partial charge in [0.15, 0.2) is 0 Å². The van der Waals surface area contributed by atoms with Gasteiger partial charge < -0.3 is 15.8 Å². The van der Waals surface area contributed by atoms with Crippen LogP contribution in [0.15, 0.2) is 18.2 Å². The molecule has 6 heteroatoms. The van der Waals surface area contributed by atoms with E-state index in [1.54, 1.807) is 7.11 Å². The lowest BCUT2D eigenvalue weighted by Gasteiger charge is -2.31. The second kappa shape index (κ2) is 7.95. The van der Waals surface area contributed by atoms with Crippen LogP contribution in [0.2, 0.25) is 0 Å². The monoisotopic (exact) mass is 297 g/mol. The molecule has 5 nitrogen and oxygen atoms in total. The topological polar surface area (TPSA) is 67.6 Å². The molecule has 1 atom stereocenters. The third-order valence-corrected chi connectivity index (χ3v) is 3.36. The lowest BCUT2D eigenvalue weighted by molar-refractivity contribution is -0.121. The molecule has 1 aromatic rings. The number of ether oxygens (including phenoxy) is 1.